The number of halogens is 3. The standard InChI is InChI=1S/C17H12F3N3O4S/c1-25-12-8-9(28-2)5-6-10(12)14-22-23-15(26-14)11-4-3-7-21-13(11)27-16(24)17(18,19)20/h3-8H,1-2H3. The SMILES string of the molecule is COc1cc(SC)ccc1-c1nnc(-c2cccnc2OC(=O)C(F)(F)F)o1. The number of carbonyl (C=O) groups excluding carboxylic acids is 1. The van der Waals surface area contributed by atoms with Crippen molar-refractivity contribution in [2.45, 2.75) is 11.1 Å². The van der Waals surface area contributed by atoms with Crippen LogP contribution in [0.2, 0.25) is 0 Å². The zero-order valence-corrected chi connectivity index (χ0v) is 15.3. The van der Waals surface area contributed by atoms with Gasteiger partial charge in [-0.1, -0.05) is 0 Å². The molecule has 0 N–H and O–H groups in total. The molecule has 146 valence electrons. The van der Waals surface area contributed by atoms with Crippen molar-refractivity contribution in [2.24, 2.45) is 0 Å². The molecule has 0 aliphatic rings. The van der Waals surface area contributed by atoms with Crippen LogP contribution in [0.5, 0.6) is 11.6 Å². The Hall–Kier alpha value is -3.08. The minimum absolute atomic E-state index is 0.0569. The van der Waals surface area contributed by atoms with E-state index in [0.717, 1.165) is 4.90 Å². The summed E-state index contributed by atoms with van der Waals surface area (Å²) in [5, 5.41) is 7.72. The summed E-state index contributed by atoms with van der Waals surface area (Å²) in [5.41, 5.74) is 0.440. The van der Waals surface area contributed by atoms with E-state index in [2.05, 4.69) is 19.9 Å². The maximum Gasteiger partial charge on any atom is 0.491 e. The van der Waals surface area contributed by atoms with E-state index in [-0.39, 0.29) is 17.3 Å². The maximum absolute atomic E-state index is 12.5. The fourth-order valence-corrected chi connectivity index (χ4v) is 2.63. The number of carbonyl (C=O) groups is 1. The summed E-state index contributed by atoms with van der Waals surface area (Å²) in [6.45, 7) is 0. The first-order valence-electron chi connectivity index (χ1n) is 7.63. The molecule has 0 aliphatic carbocycles. The summed E-state index contributed by atoms with van der Waals surface area (Å²) in [4.78, 5) is 15.7. The second-order valence-corrected chi connectivity index (χ2v) is 6.10. The minimum atomic E-state index is -5.17. The molecule has 2 heterocycles. The lowest BCUT2D eigenvalue weighted by Crippen LogP contribution is -2.28. The van der Waals surface area contributed by atoms with Crippen molar-refractivity contribution < 1.29 is 31.9 Å². The fraction of sp³-hybridized carbons (Fsp3) is 0.176. The molecule has 2 aromatic heterocycles. The number of ether oxygens (including phenoxy) is 2. The van der Waals surface area contributed by atoms with Gasteiger partial charge in [0.15, 0.2) is 0 Å². The highest BCUT2D eigenvalue weighted by molar-refractivity contribution is 7.98. The van der Waals surface area contributed by atoms with Gasteiger partial charge in [0.2, 0.25) is 5.88 Å². The average Bonchev–Trinajstić information content (AvgIpc) is 3.16. The largest absolute Gasteiger partial charge is 0.496 e. The number of pyridine rings is 1. The van der Waals surface area contributed by atoms with Crippen molar-refractivity contribution in [3.8, 4) is 34.5 Å². The van der Waals surface area contributed by atoms with Crippen LogP contribution in [0, 0.1) is 0 Å². The lowest BCUT2D eigenvalue weighted by molar-refractivity contribution is -0.189. The number of benzene rings is 1. The van der Waals surface area contributed by atoms with Crippen LogP contribution in [0.3, 0.4) is 0 Å². The summed E-state index contributed by atoms with van der Waals surface area (Å²) in [7, 11) is 1.48. The highest BCUT2D eigenvalue weighted by Gasteiger charge is 2.42. The van der Waals surface area contributed by atoms with Crippen molar-refractivity contribution >= 4 is 17.7 Å². The molecule has 0 aliphatic heterocycles. The van der Waals surface area contributed by atoms with Crippen LogP contribution in [0.15, 0.2) is 45.8 Å². The van der Waals surface area contributed by atoms with E-state index in [0.29, 0.717) is 11.3 Å². The molecular weight excluding hydrogens is 399 g/mol. The molecule has 0 unspecified atom stereocenters. The van der Waals surface area contributed by atoms with Crippen molar-refractivity contribution in [1.29, 1.82) is 0 Å². The summed E-state index contributed by atoms with van der Waals surface area (Å²) in [6, 6.07) is 8.10. The highest BCUT2D eigenvalue weighted by atomic mass is 32.2. The monoisotopic (exact) mass is 411 g/mol. The lowest BCUT2D eigenvalue weighted by Gasteiger charge is -2.08. The quantitative estimate of drug-likeness (QED) is 0.460. The van der Waals surface area contributed by atoms with Crippen LogP contribution in [0.1, 0.15) is 0 Å². The van der Waals surface area contributed by atoms with Gasteiger partial charge in [-0.3, -0.25) is 0 Å². The van der Waals surface area contributed by atoms with Gasteiger partial charge in [-0.15, -0.1) is 22.0 Å². The van der Waals surface area contributed by atoms with Gasteiger partial charge in [0.05, 0.1) is 12.7 Å². The molecule has 11 heteroatoms. The Bertz CT molecular complexity index is 1010. The highest BCUT2D eigenvalue weighted by Crippen LogP contribution is 2.35. The van der Waals surface area contributed by atoms with E-state index in [4.69, 9.17) is 9.15 Å². The summed E-state index contributed by atoms with van der Waals surface area (Å²) < 4.78 is 52.6. The lowest BCUT2D eigenvalue weighted by atomic mass is 10.2. The number of hydrogen-bond donors (Lipinski definition) is 0. The van der Waals surface area contributed by atoms with E-state index in [1.165, 1.54) is 37.2 Å². The predicted molar refractivity (Wildman–Crippen MR) is 93.0 cm³/mol. The zero-order valence-electron chi connectivity index (χ0n) is 14.5. The van der Waals surface area contributed by atoms with E-state index >= 15 is 0 Å². The van der Waals surface area contributed by atoms with Crippen LogP contribution < -0.4 is 9.47 Å². The predicted octanol–water partition coefficient (Wildman–Crippen LogP) is 4.00. The molecular formula is C17H12F3N3O4S. The van der Waals surface area contributed by atoms with Crippen molar-refractivity contribution in [3.63, 3.8) is 0 Å². The van der Waals surface area contributed by atoms with Gasteiger partial charge in [0.25, 0.3) is 11.8 Å². The topological polar surface area (TPSA) is 87.3 Å². The Balaban J connectivity index is 1.97. The van der Waals surface area contributed by atoms with Crippen LogP contribution in [0.4, 0.5) is 13.2 Å². The normalized spacial score (nSPS) is 11.3. The second kappa shape index (κ2) is 7.89. The maximum atomic E-state index is 12.5. The van der Waals surface area contributed by atoms with Gasteiger partial charge in [-0.05, 0) is 36.6 Å². The third-order valence-corrected chi connectivity index (χ3v) is 4.21. The summed E-state index contributed by atoms with van der Waals surface area (Å²) in [6.07, 6.45) is -2.09. The molecule has 0 amide bonds. The molecule has 0 saturated carbocycles. The molecule has 0 radical (unpaired) electrons. The molecule has 0 fully saturated rings. The Labute approximate surface area is 160 Å². The Morgan fingerprint density at radius 3 is 2.50 bits per heavy atom. The van der Waals surface area contributed by atoms with Gasteiger partial charge in [0.1, 0.15) is 11.3 Å². The fourth-order valence-electron chi connectivity index (χ4n) is 2.20. The summed E-state index contributed by atoms with van der Waals surface area (Å²) in [5.74, 6) is -2.59. The summed E-state index contributed by atoms with van der Waals surface area (Å²) >= 11 is 1.52. The Morgan fingerprint density at radius 2 is 1.86 bits per heavy atom. The van der Waals surface area contributed by atoms with E-state index in [1.54, 1.807) is 12.1 Å². The van der Waals surface area contributed by atoms with Gasteiger partial charge in [-0.2, -0.15) is 13.2 Å². The number of hydrogen-bond acceptors (Lipinski definition) is 8. The molecule has 0 spiro atoms. The number of thioether (sulfide) groups is 1. The number of alkyl halides is 3. The first kappa shape index (κ1) is 19.7. The van der Waals surface area contributed by atoms with Gasteiger partial charge >= 0.3 is 12.1 Å². The number of methoxy groups -OCH3 is 1. The molecule has 1 aromatic carbocycles. The average molecular weight is 411 g/mol. The van der Waals surface area contributed by atoms with Crippen LogP contribution in [0.25, 0.3) is 22.9 Å². The van der Waals surface area contributed by atoms with Crippen LogP contribution >= 0.6 is 11.8 Å². The van der Waals surface area contributed by atoms with Crippen LogP contribution in [-0.2, 0) is 4.79 Å². The van der Waals surface area contributed by atoms with E-state index < -0.39 is 18.0 Å². The molecule has 0 saturated heterocycles. The second-order valence-electron chi connectivity index (χ2n) is 5.22. The van der Waals surface area contributed by atoms with E-state index in [1.807, 2.05) is 12.3 Å². The molecule has 28 heavy (non-hydrogen) atoms. The molecule has 0 atom stereocenters. The first-order chi connectivity index (χ1) is 13.3. The van der Waals surface area contributed by atoms with Crippen molar-refractivity contribution in [3.05, 3.63) is 36.5 Å². The smallest absolute Gasteiger partial charge is 0.491 e. The van der Waals surface area contributed by atoms with Gasteiger partial charge < -0.3 is 13.9 Å². The minimum Gasteiger partial charge on any atom is -0.496 e. The number of aromatic nitrogens is 3. The third-order valence-electron chi connectivity index (χ3n) is 3.49. The first-order valence-corrected chi connectivity index (χ1v) is 8.86. The molecule has 3 rings (SSSR count). The number of esters is 1. The van der Waals surface area contributed by atoms with Crippen LogP contribution in [-0.4, -0.2) is 40.7 Å². The van der Waals surface area contributed by atoms with E-state index in [9.17, 15) is 18.0 Å². The molecule has 3 aromatic rings. The molecule has 7 nitrogen and oxygen atoms in total. The Morgan fingerprint density at radius 1 is 1.14 bits per heavy atom. The zero-order chi connectivity index (χ0) is 20.3. The Kier molecular flexibility index (Phi) is 5.54. The number of rotatable bonds is 5. The van der Waals surface area contributed by atoms with Crippen molar-refractivity contribution in [2.75, 3.05) is 13.4 Å². The van der Waals surface area contributed by atoms with Gasteiger partial charge in [0, 0.05) is 11.1 Å². The number of nitrogens with zero attached hydrogens (tertiary/aromatic N) is 3. The van der Waals surface area contributed by atoms with Crippen molar-refractivity contribution in [1.82, 2.24) is 15.2 Å². The third kappa shape index (κ3) is 4.09. The molecule has 0 bridgehead atoms. The van der Waals surface area contributed by atoms with Gasteiger partial charge in [-0.25, -0.2) is 9.78 Å².